The van der Waals surface area contributed by atoms with E-state index in [1.807, 2.05) is 19.2 Å². The number of benzene rings is 1. The molecular weight excluding hydrogens is 312 g/mol. The van der Waals surface area contributed by atoms with Gasteiger partial charge in [0.2, 0.25) is 0 Å². The topological polar surface area (TPSA) is 68.3 Å². The maximum Gasteiger partial charge on any atom is 0.273 e. The van der Waals surface area contributed by atoms with Crippen molar-refractivity contribution >= 4 is 21.6 Å². The standard InChI is InChI=1S/C13H13BrN2O3/c1-8-5-11(14)10(6-12(8)16(17)18)13-4-3-9(19-13)7-15-2/h3-6,15H,7H2,1-2H3. The highest BCUT2D eigenvalue weighted by atomic mass is 79.9. The Labute approximate surface area is 118 Å². The number of nitrogens with zero attached hydrogens (tertiary/aromatic N) is 1. The fourth-order valence-corrected chi connectivity index (χ4v) is 2.49. The first-order valence-corrected chi connectivity index (χ1v) is 6.50. The SMILES string of the molecule is CNCc1ccc(-c2cc([N+](=O)[O-])c(C)cc2Br)o1. The largest absolute Gasteiger partial charge is 0.460 e. The fraction of sp³-hybridized carbons (Fsp3) is 0.231. The van der Waals surface area contributed by atoms with Crippen LogP contribution in [0.25, 0.3) is 11.3 Å². The van der Waals surface area contributed by atoms with E-state index in [0.717, 1.165) is 10.2 Å². The van der Waals surface area contributed by atoms with Crippen LogP contribution in [0.2, 0.25) is 0 Å². The molecule has 0 amide bonds. The number of nitrogens with one attached hydrogen (secondary N) is 1. The molecule has 0 atom stereocenters. The van der Waals surface area contributed by atoms with Crippen LogP contribution in [0.5, 0.6) is 0 Å². The maximum absolute atomic E-state index is 11.0. The van der Waals surface area contributed by atoms with Gasteiger partial charge in [0.25, 0.3) is 5.69 Å². The molecule has 2 rings (SSSR count). The van der Waals surface area contributed by atoms with E-state index in [0.29, 0.717) is 23.4 Å². The smallest absolute Gasteiger partial charge is 0.273 e. The lowest BCUT2D eigenvalue weighted by molar-refractivity contribution is -0.385. The van der Waals surface area contributed by atoms with Gasteiger partial charge < -0.3 is 9.73 Å². The van der Waals surface area contributed by atoms with Crippen molar-refractivity contribution in [2.45, 2.75) is 13.5 Å². The lowest BCUT2D eigenvalue weighted by Crippen LogP contribution is -2.03. The molecule has 0 aliphatic heterocycles. The second-order valence-corrected chi connectivity index (χ2v) is 5.03. The molecule has 0 radical (unpaired) electrons. The summed E-state index contributed by atoms with van der Waals surface area (Å²) >= 11 is 3.42. The van der Waals surface area contributed by atoms with Gasteiger partial charge in [0.1, 0.15) is 11.5 Å². The van der Waals surface area contributed by atoms with Gasteiger partial charge in [-0.25, -0.2) is 0 Å². The van der Waals surface area contributed by atoms with E-state index in [4.69, 9.17) is 4.42 Å². The molecule has 0 saturated heterocycles. The molecule has 1 heterocycles. The summed E-state index contributed by atoms with van der Waals surface area (Å²) in [6, 6.07) is 6.92. The molecule has 5 nitrogen and oxygen atoms in total. The number of halogens is 1. The third kappa shape index (κ3) is 2.85. The van der Waals surface area contributed by atoms with Crippen LogP contribution in [0, 0.1) is 17.0 Å². The second kappa shape index (κ2) is 5.54. The molecule has 0 aliphatic carbocycles. The van der Waals surface area contributed by atoms with Gasteiger partial charge in [0, 0.05) is 21.7 Å². The molecule has 100 valence electrons. The van der Waals surface area contributed by atoms with Crippen LogP contribution < -0.4 is 5.32 Å². The summed E-state index contributed by atoms with van der Waals surface area (Å²) in [6.45, 7) is 2.33. The van der Waals surface area contributed by atoms with Crippen LogP contribution in [0.1, 0.15) is 11.3 Å². The lowest BCUT2D eigenvalue weighted by Gasteiger charge is -2.04. The Morgan fingerprint density at radius 2 is 2.16 bits per heavy atom. The summed E-state index contributed by atoms with van der Waals surface area (Å²) < 4.78 is 6.43. The van der Waals surface area contributed by atoms with Crippen molar-refractivity contribution in [3.63, 3.8) is 0 Å². The van der Waals surface area contributed by atoms with Crippen LogP contribution in [-0.2, 0) is 6.54 Å². The summed E-state index contributed by atoms with van der Waals surface area (Å²) in [5.41, 5.74) is 1.38. The van der Waals surface area contributed by atoms with Crippen LogP contribution in [0.4, 0.5) is 5.69 Å². The highest BCUT2D eigenvalue weighted by Gasteiger charge is 2.17. The lowest BCUT2D eigenvalue weighted by atomic mass is 10.1. The van der Waals surface area contributed by atoms with E-state index >= 15 is 0 Å². The summed E-state index contributed by atoms with van der Waals surface area (Å²) in [4.78, 5) is 10.6. The van der Waals surface area contributed by atoms with Gasteiger partial charge in [0.05, 0.1) is 11.5 Å². The van der Waals surface area contributed by atoms with Gasteiger partial charge >= 0.3 is 0 Å². The average Bonchev–Trinajstić information content (AvgIpc) is 2.77. The average molecular weight is 325 g/mol. The molecule has 0 unspecified atom stereocenters. The predicted molar refractivity (Wildman–Crippen MR) is 76.0 cm³/mol. The van der Waals surface area contributed by atoms with E-state index in [2.05, 4.69) is 21.2 Å². The maximum atomic E-state index is 11.0. The molecule has 0 aliphatic rings. The number of aryl methyl sites for hydroxylation is 1. The Kier molecular flexibility index (Phi) is 4.01. The van der Waals surface area contributed by atoms with Crippen molar-refractivity contribution in [1.29, 1.82) is 0 Å². The number of nitro groups is 1. The van der Waals surface area contributed by atoms with Crippen LogP contribution in [0.3, 0.4) is 0 Å². The number of hydrogen-bond donors (Lipinski definition) is 1. The fourth-order valence-electron chi connectivity index (χ4n) is 1.84. The van der Waals surface area contributed by atoms with E-state index in [9.17, 15) is 10.1 Å². The van der Waals surface area contributed by atoms with E-state index < -0.39 is 0 Å². The van der Waals surface area contributed by atoms with Gasteiger partial charge in [-0.05, 0) is 32.2 Å². The number of furan rings is 1. The monoisotopic (exact) mass is 324 g/mol. The van der Waals surface area contributed by atoms with Crippen LogP contribution >= 0.6 is 15.9 Å². The van der Waals surface area contributed by atoms with Crippen molar-refractivity contribution in [3.8, 4) is 11.3 Å². The highest BCUT2D eigenvalue weighted by Crippen LogP contribution is 2.34. The molecule has 0 fully saturated rings. The predicted octanol–water partition coefficient (Wildman–Crippen LogP) is 3.65. The molecule has 0 bridgehead atoms. The Morgan fingerprint density at radius 3 is 2.79 bits per heavy atom. The number of nitro benzene ring substituents is 1. The van der Waals surface area contributed by atoms with Crippen molar-refractivity contribution in [3.05, 3.63) is 50.2 Å². The Morgan fingerprint density at radius 1 is 1.42 bits per heavy atom. The summed E-state index contributed by atoms with van der Waals surface area (Å²) in [5.74, 6) is 1.40. The molecule has 1 aromatic heterocycles. The van der Waals surface area contributed by atoms with Gasteiger partial charge in [-0.3, -0.25) is 10.1 Å². The van der Waals surface area contributed by atoms with Crippen molar-refractivity contribution < 1.29 is 9.34 Å². The van der Waals surface area contributed by atoms with Crippen LogP contribution in [0.15, 0.2) is 33.2 Å². The molecule has 2 aromatic rings. The van der Waals surface area contributed by atoms with E-state index in [1.165, 1.54) is 6.07 Å². The molecular formula is C13H13BrN2O3. The molecule has 6 heteroatoms. The zero-order chi connectivity index (χ0) is 14.0. The third-order valence-corrected chi connectivity index (χ3v) is 3.42. The Hall–Kier alpha value is -1.66. The Balaban J connectivity index is 2.48. The molecule has 0 saturated carbocycles. The zero-order valence-electron chi connectivity index (χ0n) is 10.6. The van der Waals surface area contributed by atoms with Crippen molar-refractivity contribution in [2.24, 2.45) is 0 Å². The molecule has 1 N–H and O–H groups in total. The second-order valence-electron chi connectivity index (χ2n) is 4.17. The van der Waals surface area contributed by atoms with Gasteiger partial charge in [-0.2, -0.15) is 0 Å². The number of hydrogen-bond acceptors (Lipinski definition) is 4. The van der Waals surface area contributed by atoms with Gasteiger partial charge in [-0.15, -0.1) is 0 Å². The zero-order valence-corrected chi connectivity index (χ0v) is 12.2. The highest BCUT2D eigenvalue weighted by molar-refractivity contribution is 9.10. The molecule has 1 aromatic carbocycles. The quantitative estimate of drug-likeness (QED) is 0.688. The first-order valence-electron chi connectivity index (χ1n) is 5.71. The normalized spacial score (nSPS) is 10.7. The van der Waals surface area contributed by atoms with Gasteiger partial charge in [0.15, 0.2) is 0 Å². The minimum absolute atomic E-state index is 0.0877. The van der Waals surface area contributed by atoms with Crippen LogP contribution in [-0.4, -0.2) is 12.0 Å². The summed E-state index contributed by atoms with van der Waals surface area (Å²) in [7, 11) is 1.83. The Bertz CT molecular complexity index is 622. The minimum Gasteiger partial charge on any atom is -0.460 e. The van der Waals surface area contributed by atoms with E-state index in [1.54, 1.807) is 13.0 Å². The van der Waals surface area contributed by atoms with E-state index in [-0.39, 0.29) is 10.6 Å². The molecule has 19 heavy (non-hydrogen) atoms. The summed E-state index contributed by atoms with van der Waals surface area (Å²) in [5, 5.41) is 14.0. The minimum atomic E-state index is -0.386. The van der Waals surface area contributed by atoms with Crippen molar-refractivity contribution in [2.75, 3.05) is 7.05 Å². The number of rotatable bonds is 4. The summed E-state index contributed by atoms with van der Waals surface area (Å²) in [6.07, 6.45) is 0. The van der Waals surface area contributed by atoms with Crippen molar-refractivity contribution in [1.82, 2.24) is 5.32 Å². The molecule has 0 spiro atoms. The van der Waals surface area contributed by atoms with Gasteiger partial charge in [-0.1, -0.05) is 15.9 Å². The first kappa shape index (κ1) is 13.8. The first-order chi connectivity index (χ1) is 9.02. The third-order valence-electron chi connectivity index (χ3n) is 2.76.